The van der Waals surface area contributed by atoms with Gasteiger partial charge in [-0.2, -0.15) is 0 Å². The Kier molecular flexibility index (Phi) is 6.78. The average molecular weight is 723 g/mol. The predicted molar refractivity (Wildman–Crippen MR) is 245 cm³/mol. The number of benzene rings is 11. The third kappa shape index (κ3) is 4.74. The van der Waals surface area contributed by atoms with Crippen molar-refractivity contribution >= 4 is 64.6 Å². The van der Waals surface area contributed by atoms with Gasteiger partial charge >= 0.3 is 0 Å². The van der Waals surface area contributed by atoms with Gasteiger partial charge in [0.05, 0.1) is 0 Å². The number of hydrogen-bond donors (Lipinski definition) is 0. The zero-order chi connectivity index (χ0) is 37.8. The maximum absolute atomic E-state index is 2.52. The first-order valence-corrected chi connectivity index (χ1v) is 20.1. The Morgan fingerprint density at radius 3 is 1.00 bits per heavy atom. The monoisotopic (exact) mass is 722 g/mol. The van der Waals surface area contributed by atoms with E-state index in [-0.39, 0.29) is 5.41 Å². The summed E-state index contributed by atoms with van der Waals surface area (Å²) in [5.41, 5.74) is 12.7. The molecule has 0 radical (unpaired) electrons. The number of fused-ring (bicyclic) bond motifs is 15. The highest BCUT2D eigenvalue weighted by atomic mass is 14.4. The van der Waals surface area contributed by atoms with Crippen LogP contribution in [0.1, 0.15) is 25.0 Å². The first-order valence-electron chi connectivity index (χ1n) is 20.1. The van der Waals surface area contributed by atoms with Crippen LogP contribution in [0.4, 0.5) is 0 Å². The van der Waals surface area contributed by atoms with E-state index in [0.29, 0.717) is 0 Å². The molecule has 0 heteroatoms. The Balaban J connectivity index is 1.06. The van der Waals surface area contributed by atoms with Gasteiger partial charge in [-0.3, -0.25) is 0 Å². The van der Waals surface area contributed by atoms with Crippen LogP contribution in [0, 0.1) is 0 Å². The third-order valence-corrected chi connectivity index (χ3v) is 13.0. The highest BCUT2D eigenvalue weighted by Gasteiger charge is 2.37. The van der Waals surface area contributed by atoms with Crippen molar-refractivity contribution in [2.24, 2.45) is 0 Å². The lowest BCUT2D eigenvalue weighted by atomic mass is 9.80. The molecule has 0 nitrogen and oxygen atoms in total. The molecule has 0 fully saturated rings. The fourth-order valence-electron chi connectivity index (χ4n) is 10.1. The molecule has 1 aliphatic carbocycles. The maximum Gasteiger partial charge on any atom is 0.0159 e. The van der Waals surface area contributed by atoms with Crippen LogP contribution in [-0.2, 0) is 5.41 Å². The summed E-state index contributed by atoms with van der Waals surface area (Å²) in [4.78, 5) is 0. The van der Waals surface area contributed by atoms with Gasteiger partial charge in [0.1, 0.15) is 0 Å². The van der Waals surface area contributed by atoms with Crippen LogP contribution >= 0.6 is 0 Å². The summed E-state index contributed by atoms with van der Waals surface area (Å²) in [6.07, 6.45) is 0. The lowest BCUT2D eigenvalue weighted by molar-refractivity contribution is 0.662. The Morgan fingerprint density at radius 1 is 0.228 bits per heavy atom. The Morgan fingerprint density at radius 2 is 0.544 bits per heavy atom. The van der Waals surface area contributed by atoms with Gasteiger partial charge in [0.2, 0.25) is 0 Å². The van der Waals surface area contributed by atoms with E-state index in [1.165, 1.54) is 120 Å². The standard InChI is InChI=1S/C57H38/c1-57(2)55-33-51-44-23-9-7-21-42(44)41-20-6-8-22-43(41)49(51)31-53(55)54-32-50-47-27-26-40(30-48(47)45-24-10-11-25-46(45)52(50)34-56(54)57)39-19-13-18-38(29-39)37-17-12-16-36(28-37)35-14-4-3-5-15-35/h3-34H,1-2H3. The minimum atomic E-state index is -0.147. The second kappa shape index (κ2) is 12.0. The number of rotatable bonds is 3. The molecule has 0 N–H and O–H groups in total. The zero-order valence-electron chi connectivity index (χ0n) is 32.0. The van der Waals surface area contributed by atoms with Gasteiger partial charge in [-0.15, -0.1) is 0 Å². The molecular weight excluding hydrogens is 685 g/mol. The number of hydrogen-bond acceptors (Lipinski definition) is 0. The molecule has 0 aromatic heterocycles. The lowest BCUT2D eigenvalue weighted by Gasteiger charge is -2.23. The molecule has 0 heterocycles. The first kappa shape index (κ1) is 32.2. The van der Waals surface area contributed by atoms with Gasteiger partial charge in [0.15, 0.2) is 0 Å². The van der Waals surface area contributed by atoms with Gasteiger partial charge in [0, 0.05) is 5.41 Å². The van der Waals surface area contributed by atoms with Gasteiger partial charge < -0.3 is 0 Å². The summed E-state index contributed by atoms with van der Waals surface area (Å²) < 4.78 is 0. The van der Waals surface area contributed by atoms with Crippen molar-refractivity contribution in [3.05, 3.63) is 205 Å². The van der Waals surface area contributed by atoms with Gasteiger partial charge in [-0.1, -0.05) is 166 Å². The van der Waals surface area contributed by atoms with Crippen LogP contribution < -0.4 is 0 Å². The maximum atomic E-state index is 2.52. The van der Waals surface area contributed by atoms with E-state index in [1.807, 2.05) is 0 Å². The van der Waals surface area contributed by atoms with Gasteiger partial charge in [-0.05, 0) is 163 Å². The summed E-state index contributed by atoms with van der Waals surface area (Å²) in [7, 11) is 0. The third-order valence-electron chi connectivity index (χ3n) is 13.0. The van der Waals surface area contributed by atoms with E-state index >= 15 is 0 Å². The van der Waals surface area contributed by atoms with E-state index < -0.39 is 0 Å². The van der Waals surface area contributed by atoms with Gasteiger partial charge in [0.25, 0.3) is 0 Å². The van der Waals surface area contributed by atoms with Crippen LogP contribution in [0.3, 0.4) is 0 Å². The fraction of sp³-hybridized carbons (Fsp3) is 0.0526. The molecule has 266 valence electrons. The molecular formula is C57H38. The summed E-state index contributed by atoms with van der Waals surface area (Å²) in [5.74, 6) is 0. The molecule has 0 bridgehead atoms. The van der Waals surface area contributed by atoms with Crippen molar-refractivity contribution in [1.82, 2.24) is 0 Å². The van der Waals surface area contributed by atoms with Crippen LogP contribution in [0.15, 0.2) is 194 Å². The topological polar surface area (TPSA) is 0 Å². The van der Waals surface area contributed by atoms with E-state index in [0.717, 1.165) is 0 Å². The lowest BCUT2D eigenvalue weighted by Crippen LogP contribution is -2.15. The highest BCUT2D eigenvalue weighted by molar-refractivity contribution is 6.28. The second-order valence-electron chi connectivity index (χ2n) is 16.4. The molecule has 11 aromatic carbocycles. The average Bonchev–Trinajstić information content (AvgIpc) is 3.49. The molecule has 0 atom stereocenters. The molecule has 0 saturated carbocycles. The molecule has 0 saturated heterocycles. The molecule has 0 amide bonds. The van der Waals surface area contributed by atoms with E-state index in [1.54, 1.807) is 0 Å². The summed E-state index contributed by atoms with van der Waals surface area (Å²) in [6, 6.07) is 72.6. The Bertz CT molecular complexity index is 3470. The molecule has 1 aliphatic rings. The molecule has 0 aliphatic heterocycles. The van der Waals surface area contributed by atoms with Crippen molar-refractivity contribution in [3.8, 4) is 44.5 Å². The fourth-order valence-corrected chi connectivity index (χ4v) is 10.1. The quantitative estimate of drug-likeness (QED) is 0.159. The van der Waals surface area contributed by atoms with Crippen LogP contribution in [-0.4, -0.2) is 0 Å². The summed E-state index contributed by atoms with van der Waals surface area (Å²) in [6.45, 7) is 4.83. The minimum Gasteiger partial charge on any atom is -0.0622 e. The van der Waals surface area contributed by atoms with Crippen molar-refractivity contribution in [2.45, 2.75) is 19.3 Å². The van der Waals surface area contributed by atoms with Crippen molar-refractivity contribution < 1.29 is 0 Å². The largest absolute Gasteiger partial charge is 0.0622 e. The van der Waals surface area contributed by atoms with E-state index in [9.17, 15) is 0 Å². The Hall–Kier alpha value is -7.02. The highest BCUT2D eigenvalue weighted by Crippen LogP contribution is 2.53. The van der Waals surface area contributed by atoms with Gasteiger partial charge in [-0.25, -0.2) is 0 Å². The van der Waals surface area contributed by atoms with Crippen LogP contribution in [0.5, 0.6) is 0 Å². The molecule has 12 rings (SSSR count). The predicted octanol–water partition coefficient (Wildman–Crippen LogP) is 15.9. The molecule has 57 heavy (non-hydrogen) atoms. The van der Waals surface area contributed by atoms with Crippen molar-refractivity contribution in [2.75, 3.05) is 0 Å². The van der Waals surface area contributed by atoms with Crippen molar-refractivity contribution in [3.63, 3.8) is 0 Å². The first-order chi connectivity index (χ1) is 28.0. The van der Waals surface area contributed by atoms with Crippen LogP contribution in [0.25, 0.3) is 109 Å². The van der Waals surface area contributed by atoms with Crippen molar-refractivity contribution in [1.29, 1.82) is 0 Å². The Labute approximate surface area is 332 Å². The SMILES string of the molecule is CC1(C)c2cc3c4ccccc4c4ccccc4c3cc2-c2cc3c4ccc(-c5cccc(-c6cccc(-c7ccccc7)c6)c5)cc4c4ccccc4c3cc21. The molecule has 11 aromatic rings. The second-order valence-corrected chi connectivity index (χ2v) is 16.4. The smallest absolute Gasteiger partial charge is 0.0159 e. The van der Waals surface area contributed by atoms with E-state index in [4.69, 9.17) is 0 Å². The normalized spacial score (nSPS) is 13.2. The van der Waals surface area contributed by atoms with Crippen LogP contribution in [0.2, 0.25) is 0 Å². The minimum absolute atomic E-state index is 0.147. The molecule has 0 spiro atoms. The molecule has 0 unspecified atom stereocenters. The summed E-state index contributed by atoms with van der Waals surface area (Å²) in [5, 5.41) is 15.8. The zero-order valence-corrected chi connectivity index (χ0v) is 32.0. The van der Waals surface area contributed by atoms with E-state index in [2.05, 4.69) is 208 Å². The summed E-state index contributed by atoms with van der Waals surface area (Å²) >= 11 is 0.